The molecule has 0 fully saturated rings. The van der Waals surface area contributed by atoms with Crippen LogP contribution in [-0.4, -0.2) is 21.9 Å². The number of carbonyl (C=O) groups excluding carboxylic acids is 1. The van der Waals surface area contributed by atoms with Crippen molar-refractivity contribution >= 4 is 23.2 Å². The molecule has 4 heteroatoms. The molecule has 1 heterocycles. The van der Waals surface area contributed by atoms with Crippen molar-refractivity contribution in [3.63, 3.8) is 0 Å². The molecule has 26 heavy (non-hydrogen) atoms. The maximum Gasteiger partial charge on any atom is 0.335 e. The Morgan fingerprint density at radius 2 is 1.88 bits per heavy atom. The van der Waals surface area contributed by atoms with Crippen LogP contribution in [0.3, 0.4) is 0 Å². The number of rotatable bonds is 6. The van der Waals surface area contributed by atoms with Gasteiger partial charge in [0.15, 0.2) is 6.29 Å². The van der Waals surface area contributed by atoms with E-state index in [9.17, 15) is 14.7 Å². The summed E-state index contributed by atoms with van der Waals surface area (Å²) in [6.07, 6.45) is 1.59. The van der Waals surface area contributed by atoms with Crippen LogP contribution in [0.4, 0.5) is 0 Å². The molecule has 0 spiro atoms. The fraction of sp³-hybridized carbons (Fsp3) is 0.273. The number of carbonyl (C=O) groups is 2. The summed E-state index contributed by atoms with van der Waals surface area (Å²) < 4.78 is 2.10. The van der Waals surface area contributed by atoms with Crippen molar-refractivity contribution in [3.8, 4) is 0 Å². The largest absolute Gasteiger partial charge is 0.478 e. The average Bonchev–Trinajstić information content (AvgIpc) is 2.95. The number of fused-ring (bicyclic) bond motifs is 1. The van der Waals surface area contributed by atoms with Gasteiger partial charge in [-0.15, -0.1) is 0 Å². The monoisotopic (exact) mass is 349 g/mol. The Balaban J connectivity index is 2.39. The van der Waals surface area contributed by atoms with Crippen LogP contribution in [0.1, 0.15) is 64.2 Å². The zero-order valence-corrected chi connectivity index (χ0v) is 15.3. The van der Waals surface area contributed by atoms with E-state index in [4.69, 9.17) is 0 Å². The third-order valence-corrected chi connectivity index (χ3v) is 4.80. The fourth-order valence-corrected chi connectivity index (χ4v) is 3.69. The number of benzene rings is 2. The number of aromatic nitrogens is 1. The Morgan fingerprint density at radius 1 is 1.19 bits per heavy atom. The SMILES string of the molecule is CCc1cc(C(=O)O)cc2c1c(C=O)c(C(C)C)n2Cc1ccccc1. The maximum atomic E-state index is 12.0. The summed E-state index contributed by atoms with van der Waals surface area (Å²) in [6, 6.07) is 13.4. The summed E-state index contributed by atoms with van der Waals surface area (Å²) >= 11 is 0. The van der Waals surface area contributed by atoms with Crippen LogP contribution in [0, 0.1) is 0 Å². The summed E-state index contributed by atoms with van der Waals surface area (Å²) in [5, 5.41) is 10.4. The lowest BCUT2D eigenvalue weighted by Crippen LogP contribution is -2.07. The van der Waals surface area contributed by atoms with Gasteiger partial charge in [0.05, 0.1) is 11.1 Å². The molecule has 0 saturated carbocycles. The van der Waals surface area contributed by atoms with Gasteiger partial charge in [0.2, 0.25) is 0 Å². The summed E-state index contributed by atoms with van der Waals surface area (Å²) in [7, 11) is 0. The van der Waals surface area contributed by atoms with Crippen molar-refractivity contribution < 1.29 is 14.7 Å². The molecule has 4 nitrogen and oxygen atoms in total. The third-order valence-electron chi connectivity index (χ3n) is 4.80. The minimum atomic E-state index is -0.951. The van der Waals surface area contributed by atoms with E-state index in [0.29, 0.717) is 18.5 Å². The van der Waals surface area contributed by atoms with E-state index >= 15 is 0 Å². The molecule has 0 atom stereocenters. The molecule has 0 aliphatic heterocycles. The van der Waals surface area contributed by atoms with E-state index in [2.05, 4.69) is 18.4 Å². The van der Waals surface area contributed by atoms with Gasteiger partial charge in [0.25, 0.3) is 0 Å². The van der Waals surface area contributed by atoms with Crippen molar-refractivity contribution in [2.75, 3.05) is 0 Å². The molecule has 0 radical (unpaired) electrons. The van der Waals surface area contributed by atoms with Crippen LogP contribution in [0.5, 0.6) is 0 Å². The molecule has 1 aromatic heterocycles. The summed E-state index contributed by atoms with van der Waals surface area (Å²) in [5.74, 6) is -0.808. The van der Waals surface area contributed by atoms with Gasteiger partial charge in [-0.2, -0.15) is 0 Å². The second kappa shape index (κ2) is 7.16. The summed E-state index contributed by atoms with van der Waals surface area (Å²) in [4.78, 5) is 23.6. The topological polar surface area (TPSA) is 59.3 Å². The molecule has 3 rings (SSSR count). The van der Waals surface area contributed by atoms with E-state index in [0.717, 1.165) is 34.0 Å². The highest BCUT2D eigenvalue weighted by Gasteiger charge is 2.23. The Morgan fingerprint density at radius 3 is 2.42 bits per heavy atom. The Hall–Kier alpha value is -2.88. The second-order valence-electron chi connectivity index (χ2n) is 6.83. The van der Waals surface area contributed by atoms with Crippen molar-refractivity contribution in [1.29, 1.82) is 0 Å². The molecule has 0 saturated heterocycles. The minimum absolute atomic E-state index is 0.143. The number of aryl methyl sites for hydroxylation is 1. The first-order valence-electron chi connectivity index (χ1n) is 8.89. The van der Waals surface area contributed by atoms with Crippen LogP contribution in [-0.2, 0) is 13.0 Å². The molecular weight excluding hydrogens is 326 g/mol. The van der Waals surface area contributed by atoms with E-state index in [1.165, 1.54) is 0 Å². The molecule has 1 N–H and O–H groups in total. The lowest BCUT2D eigenvalue weighted by atomic mass is 9.98. The molecule has 3 aromatic rings. The average molecular weight is 349 g/mol. The van der Waals surface area contributed by atoms with Crippen LogP contribution in [0.25, 0.3) is 10.9 Å². The number of aromatic carboxylic acids is 1. The predicted molar refractivity (Wildman–Crippen MR) is 103 cm³/mol. The summed E-state index contributed by atoms with van der Waals surface area (Å²) in [5.41, 5.74) is 4.72. The van der Waals surface area contributed by atoms with Gasteiger partial charge in [0, 0.05) is 23.2 Å². The van der Waals surface area contributed by atoms with Crippen molar-refractivity contribution in [1.82, 2.24) is 4.57 Å². The molecule has 0 aliphatic carbocycles. The molecule has 0 bridgehead atoms. The highest BCUT2D eigenvalue weighted by molar-refractivity contribution is 6.04. The van der Waals surface area contributed by atoms with Gasteiger partial charge in [0.1, 0.15) is 0 Å². The fourth-order valence-electron chi connectivity index (χ4n) is 3.69. The number of nitrogens with zero attached hydrogens (tertiary/aromatic N) is 1. The van der Waals surface area contributed by atoms with Crippen molar-refractivity contribution in [3.05, 3.63) is 70.4 Å². The molecule has 0 amide bonds. The molecule has 0 aliphatic rings. The Kier molecular flexibility index (Phi) is 4.94. The van der Waals surface area contributed by atoms with Gasteiger partial charge in [-0.25, -0.2) is 4.79 Å². The van der Waals surface area contributed by atoms with Gasteiger partial charge in [-0.05, 0) is 35.6 Å². The quantitative estimate of drug-likeness (QED) is 0.645. The van der Waals surface area contributed by atoms with Crippen LogP contribution < -0.4 is 0 Å². The van der Waals surface area contributed by atoms with Gasteiger partial charge in [-0.1, -0.05) is 51.1 Å². The standard InChI is InChI=1S/C22H23NO3/c1-4-16-10-17(22(25)26)11-19-20(16)18(13-24)21(14(2)3)23(19)12-15-8-6-5-7-9-15/h5-11,13-14H,4,12H2,1-3H3,(H,25,26). The maximum absolute atomic E-state index is 12.0. The zero-order valence-electron chi connectivity index (χ0n) is 15.3. The molecular formula is C22H23NO3. The normalized spacial score (nSPS) is 11.2. The van der Waals surface area contributed by atoms with Crippen LogP contribution >= 0.6 is 0 Å². The lowest BCUT2D eigenvalue weighted by molar-refractivity contribution is 0.0696. The zero-order chi connectivity index (χ0) is 18.8. The smallest absolute Gasteiger partial charge is 0.335 e. The van der Waals surface area contributed by atoms with Gasteiger partial charge < -0.3 is 9.67 Å². The van der Waals surface area contributed by atoms with Crippen molar-refractivity contribution in [2.24, 2.45) is 0 Å². The van der Waals surface area contributed by atoms with Gasteiger partial charge >= 0.3 is 5.97 Å². The molecule has 134 valence electrons. The van der Waals surface area contributed by atoms with Crippen molar-refractivity contribution in [2.45, 2.75) is 39.7 Å². The van der Waals surface area contributed by atoms with Crippen LogP contribution in [0.15, 0.2) is 42.5 Å². The number of hydrogen-bond donors (Lipinski definition) is 1. The molecule has 2 aromatic carbocycles. The third kappa shape index (κ3) is 3.03. The Bertz CT molecular complexity index is 968. The first kappa shape index (κ1) is 17.9. The lowest BCUT2D eigenvalue weighted by Gasteiger charge is -2.14. The minimum Gasteiger partial charge on any atom is -0.478 e. The molecule has 0 unspecified atom stereocenters. The number of aldehydes is 1. The highest BCUT2D eigenvalue weighted by atomic mass is 16.4. The first-order chi connectivity index (χ1) is 12.5. The van der Waals surface area contributed by atoms with E-state index < -0.39 is 5.97 Å². The second-order valence-corrected chi connectivity index (χ2v) is 6.83. The summed E-state index contributed by atoms with van der Waals surface area (Å²) in [6.45, 7) is 6.71. The number of carboxylic acids is 1. The van der Waals surface area contributed by atoms with E-state index in [-0.39, 0.29) is 11.5 Å². The first-order valence-corrected chi connectivity index (χ1v) is 8.89. The predicted octanol–water partition coefficient (Wildman–Crippen LogP) is 4.89. The number of carboxylic acid groups (broad SMARTS) is 1. The van der Waals surface area contributed by atoms with Crippen LogP contribution in [0.2, 0.25) is 0 Å². The van der Waals surface area contributed by atoms with E-state index in [1.54, 1.807) is 12.1 Å². The van der Waals surface area contributed by atoms with Gasteiger partial charge in [-0.3, -0.25) is 4.79 Å². The van der Waals surface area contributed by atoms with E-state index in [1.807, 2.05) is 37.3 Å². The highest BCUT2D eigenvalue weighted by Crippen LogP contribution is 2.34. The Labute approximate surface area is 153 Å². The number of hydrogen-bond acceptors (Lipinski definition) is 2.